The molecule has 1 fully saturated rings. The summed E-state index contributed by atoms with van der Waals surface area (Å²) in [5.74, 6) is 0. The number of hydrogen-bond acceptors (Lipinski definition) is 4. The number of rotatable bonds is 23. The fourth-order valence-corrected chi connectivity index (χ4v) is 6.56. The van der Waals surface area contributed by atoms with Gasteiger partial charge in [-0.25, -0.2) is 0 Å². The van der Waals surface area contributed by atoms with Crippen LogP contribution in [0.4, 0.5) is 0 Å². The number of phosphoric acid groups is 1. The second-order valence-electron chi connectivity index (χ2n) is 11.5. The third kappa shape index (κ3) is 17.8. The van der Waals surface area contributed by atoms with Gasteiger partial charge in [-0.1, -0.05) is 134 Å². The van der Waals surface area contributed by atoms with Gasteiger partial charge in [0.15, 0.2) is 0 Å². The number of benzene rings is 1. The van der Waals surface area contributed by atoms with Crippen molar-refractivity contribution in [2.45, 2.75) is 141 Å². The summed E-state index contributed by atoms with van der Waals surface area (Å²) in [7, 11) is -4.21. The maximum atomic E-state index is 12.3. The van der Waals surface area contributed by atoms with E-state index in [0.29, 0.717) is 0 Å². The lowest BCUT2D eigenvalue weighted by atomic mass is 10.0. The second kappa shape index (κ2) is 22.0. The Morgan fingerprint density at radius 3 is 1.92 bits per heavy atom. The van der Waals surface area contributed by atoms with Crippen LogP contribution in [0.2, 0.25) is 0 Å². The number of unbranched alkanes of at least 4 members (excludes halogenated alkanes) is 15. The van der Waals surface area contributed by atoms with E-state index in [9.17, 15) is 9.46 Å². The van der Waals surface area contributed by atoms with Crippen LogP contribution in [-0.4, -0.2) is 32.3 Å². The van der Waals surface area contributed by atoms with Gasteiger partial charge in [-0.3, -0.25) is 4.57 Å². The summed E-state index contributed by atoms with van der Waals surface area (Å²) in [5, 5.41) is 0. The lowest BCUT2D eigenvalue weighted by Crippen LogP contribution is -3.12. The van der Waals surface area contributed by atoms with Gasteiger partial charge in [0.1, 0.15) is 0 Å². The topological polar surface area (TPSA) is 63.0 Å². The molecule has 1 aliphatic rings. The fourth-order valence-electron chi connectivity index (χ4n) is 5.57. The van der Waals surface area contributed by atoms with Gasteiger partial charge in [0.25, 0.3) is 7.82 Å². The molecule has 6 heteroatoms. The predicted molar refractivity (Wildman–Crippen MR) is 158 cm³/mol. The van der Waals surface area contributed by atoms with Crippen molar-refractivity contribution in [3.05, 3.63) is 35.9 Å². The average molecular weight is 552 g/mol. The van der Waals surface area contributed by atoms with Crippen molar-refractivity contribution in [1.82, 2.24) is 0 Å². The van der Waals surface area contributed by atoms with E-state index in [2.05, 4.69) is 31.2 Å². The Hall–Kier alpha value is -0.710. The molecule has 0 saturated carbocycles. The highest BCUT2D eigenvalue weighted by molar-refractivity contribution is 7.45. The van der Waals surface area contributed by atoms with Crippen LogP contribution in [0.5, 0.6) is 0 Å². The number of phosphoric ester groups is 1. The fraction of sp³-hybridized carbons (Fsp3) is 0.812. The van der Waals surface area contributed by atoms with E-state index in [0.717, 1.165) is 64.6 Å². The molecule has 1 heterocycles. The first-order valence-corrected chi connectivity index (χ1v) is 17.6. The molecule has 1 aliphatic heterocycles. The van der Waals surface area contributed by atoms with Crippen LogP contribution < -0.4 is 9.79 Å². The number of likely N-dealkylation sites (tertiary alicyclic amines) is 1. The van der Waals surface area contributed by atoms with E-state index < -0.39 is 7.82 Å². The molecule has 220 valence electrons. The van der Waals surface area contributed by atoms with Crippen LogP contribution >= 0.6 is 7.82 Å². The Kier molecular flexibility index (Phi) is 19.4. The van der Waals surface area contributed by atoms with Crippen molar-refractivity contribution >= 4 is 7.82 Å². The van der Waals surface area contributed by atoms with Crippen molar-refractivity contribution in [1.29, 1.82) is 0 Å². The van der Waals surface area contributed by atoms with E-state index in [1.54, 1.807) is 0 Å². The van der Waals surface area contributed by atoms with Crippen LogP contribution in [0.1, 0.15) is 134 Å². The normalized spacial score (nSPS) is 19.7. The van der Waals surface area contributed by atoms with Gasteiger partial charge in [-0.2, -0.15) is 0 Å². The standard InChI is InChI=1S/C32H58NO4P/c1-2-3-4-5-6-7-8-9-10-11-12-13-14-15-16-20-30-36-38(34,35)37-32-24-21-27-33(29-26-32)28-25-31-22-18-17-19-23-31/h17-19,22-23,32H,2-16,20-21,24-30H2,1H3,(H,34,35). The molecule has 0 aromatic heterocycles. The lowest BCUT2D eigenvalue weighted by molar-refractivity contribution is -0.899. The van der Waals surface area contributed by atoms with Gasteiger partial charge in [0, 0.05) is 12.8 Å². The van der Waals surface area contributed by atoms with Gasteiger partial charge in [-0.05, 0) is 24.8 Å². The first kappa shape index (κ1) is 33.5. The van der Waals surface area contributed by atoms with E-state index in [4.69, 9.17) is 9.05 Å². The Balaban J connectivity index is 1.39. The van der Waals surface area contributed by atoms with E-state index in [1.807, 2.05) is 6.07 Å². The molecule has 38 heavy (non-hydrogen) atoms. The summed E-state index contributed by atoms with van der Waals surface area (Å²) in [6, 6.07) is 10.6. The zero-order valence-electron chi connectivity index (χ0n) is 24.5. The lowest BCUT2D eigenvalue weighted by Gasteiger charge is -2.27. The monoisotopic (exact) mass is 551 g/mol. The number of nitrogens with one attached hydrogen (secondary N) is 1. The zero-order valence-corrected chi connectivity index (χ0v) is 25.4. The van der Waals surface area contributed by atoms with Gasteiger partial charge < -0.3 is 18.8 Å². The van der Waals surface area contributed by atoms with Gasteiger partial charge in [-0.15, -0.1) is 0 Å². The predicted octanol–water partition coefficient (Wildman–Crippen LogP) is 7.43. The number of hydrogen-bond donors (Lipinski definition) is 1. The summed E-state index contributed by atoms with van der Waals surface area (Å²) in [6.07, 6.45) is 24.2. The minimum Gasteiger partial charge on any atom is -0.756 e. The molecule has 0 spiro atoms. The quantitative estimate of drug-likeness (QED) is 0.113. The highest BCUT2D eigenvalue weighted by Crippen LogP contribution is 2.41. The number of quaternary nitrogens is 1. The average Bonchev–Trinajstić information content (AvgIpc) is 3.14. The second-order valence-corrected chi connectivity index (χ2v) is 12.8. The highest BCUT2D eigenvalue weighted by Gasteiger charge is 2.24. The molecule has 3 unspecified atom stereocenters. The zero-order chi connectivity index (χ0) is 27.2. The van der Waals surface area contributed by atoms with Crippen molar-refractivity contribution in [2.75, 3.05) is 26.2 Å². The van der Waals surface area contributed by atoms with Crippen LogP contribution in [0.3, 0.4) is 0 Å². The largest absolute Gasteiger partial charge is 0.756 e. The van der Waals surface area contributed by atoms with Crippen LogP contribution in [-0.2, 0) is 20.0 Å². The van der Waals surface area contributed by atoms with E-state index in [1.165, 1.54) is 93.9 Å². The molecular weight excluding hydrogens is 493 g/mol. The molecule has 1 N–H and O–H groups in total. The van der Waals surface area contributed by atoms with Crippen molar-refractivity contribution in [3.63, 3.8) is 0 Å². The van der Waals surface area contributed by atoms with Gasteiger partial charge in [0.05, 0.1) is 32.3 Å². The molecular formula is C32H58NO4P. The first-order valence-electron chi connectivity index (χ1n) is 16.1. The van der Waals surface area contributed by atoms with E-state index >= 15 is 0 Å². The van der Waals surface area contributed by atoms with Gasteiger partial charge in [0.2, 0.25) is 0 Å². The molecule has 2 rings (SSSR count). The molecule has 3 atom stereocenters. The van der Waals surface area contributed by atoms with Crippen molar-refractivity contribution in [2.24, 2.45) is 0 Å². The van der Waals surface area contributed by atoms with Crippen molar-refractivity contribution in [3.8, 4) is 0 Å². The highest BCUT2D eigenvalue weighted by atomic mass is 31.2. The minimum atomic E-state index is -4.21. The Labute approximate surface area is 234 Å². The van der Waals surface area contributed by atoms with Gasteiger partial charge >= 0.3 is 0 Å². The smallest absolute Gasteiger partial charge is 0.268 e. The molecule has 1 aromatic carbocycles. The molecule has 0 aliphatic carbocycles. The summed E-state index contributed by atoms with van der Waals surface area (Å²) in [5.41, 5.74) is 1.36. The van der Waals surface area contributed by atoms with Crippen LogP contribution in [0.25, 0.3) is 0 Å². The molecule has 0 amide bonds. The first-order chi connectivity index (χ1) is 18.6. The minimum absolute atomic E-state index is 0.238. The third-order valence-electron chi connectivity index (χ3n) is 8.01. The summed E-state index contributed by atoms with van der Waals surface area (Å²) >= 11 is 0. The maximum Gasteiger partial charge on any atom is 0.268 e. The maximum absolute atomic E-state index is 12.3. The summed E-state index contributed by atoms with van der Waals surface area (Å²) < 4.78 is 23.0. The van der Waals surface area contributed by atoms with Crippen LogP contribution in [0, 0.1) is 0 Å². The summed E-state index contributed by atoms with van der Waals surface area (Å²) in [6.45, 7) is 5.65. The Bertz CT molecular complexity index is 717. The molecule has 0 bridgehead atoms. The Morgan fingerprint density at radius 1 is 0.789 bits per heavy atom. The molecule has 0 radical (unpaired) electrons. The summed E-state index contributed by atoms with van der Waals surface area (Å²) in [4.78, 5) is 13.9. The molecule has 1 aromatic rings. The van der Waals surface area contributed by atoms with Crippen molar-refractivity contribution < 1.29 is 23.4 Å². The SMILES string of the molecule is CCCCCCCCCCCCCCCCCCOP(=O)([O-])OC1CCC[NH+](CCc2ccccc2)CC1. The van der Waals surface area contributed by atoms with E-state index in [-0.39, 0.29) is 12.7 Å². The molecule has 1 saturated heterocycles. The Morgan fingerprint density at radius 2 is 1.34 bits per heavy atom. The van der Waals surface area contributed by atoms with Crippen LogP contribution in [0.15, 0.2) is 30.3 Å². The third-order valence-corrected chi connectivity index (χ3v) is 9.07. The molecule has 5 nitrogen and oxygen atoms in total.